The van der Waals surface area contributed by atoms with Crippen molar-refractivity contribution in [2.24, 2.45) is 5.92 Å². The molecule has 66 valence electrons. The molecular formula is C10H15NO. The second-order valence-corrected chi connectivity index (χ2v) is 3.47. The summed E-state index contributed by atoms with van der Waals surface area (Å²) >= 11 is 0. The molecular weight excluding hydrogens is 150 g/mol. The van der Waals surface area contributed by atoms with Crippen LogP contribution in [0.3, 0.4) is 0 Å². The minimum atomic E-state index is -0.00347. The van der Waals surface area contributed by atoms with Gasteiger partial charge in [0.25, 0.3) is 0 Å². The van der Waals surface area contributed by atoms with Crippen LogP contribution < -0.4 is 5.56 Å². The highest BCUT2D eigenvalue weighted by Gasteiger charge is 1.96. The van der Waals surface area contributed by atoms with E-state index in [1.165, 1.54) is 0 Å². The number of aryl methyl sites for hydroxylation is 1. The SMILES string of the molecule is CC(C)CCc1cccc(=O)[nH]1. The third kappa shape index (κ3) is 2.91. The van der Waals surface area contributed by atoms with Crippen molar-refractivity contribution in [3.8, 4) is 0 Å². The largest absolute Gasteiger partial charge is 0.326 e. The number of pyridine rings is 1. The van der Waals surface area contributed by atoms with Crippen LogP contribution in [-0.2, 0) is 6.42 Å². The standard InChI is InChI=1S/C10H15NO/c1-8(2)6-7-9-4-3-5-10(12)11-9/h3-5,8H,6-7H2,1-2H3,(H,11,12). The van der Waals surface area contributed by atoms with Gasteiger partial charge in [-0.05, 0) is 24.8 Å². The van der Waals surface area contributed by atoms with Gasteiger partial charge in [-0.2, -0.15) is 0 Å². The Balaban J connectivity index is 2.58. The van der Waals surface area contributed by atoms with Crippen molar-refractivity contribution in [1.82, 2.24) is 4.98 Å². The van der Waals surface area contributed by atoms with Gasteiger partial charge >= 0.3 is 0 Å². The molecule has 1 heterocycles. The Labute approximate surface area is 72.6 Å². The maximum Gasteiger partial charge on any atom is 0.248 e. The molecule has 0 saturated carbocycles. The van der Waals surface area contributed by atoms with Crippen LogP contribution in [0, 0.1) is 5.92 Å². The number of rotatable bonds is 3. The fourth-order valence-corrected chi connectivity index (χ4v) is 1.08. The molecule has 0 aliphatic heterocycles. The van der Waals surface area contributed by atoms with Crippen molar-refractivity contribution >= 4 is 0 Å². The molecule has 0 aliphatic rings. The molecule has 0 aliphatic carbocycles. The molecule has 2 heteroatoms. The van der Waals surface area contributed by atoms with Crippen LogP contribution in [0.2, 0.25) is 0 Å². The van der Waals surface area contributed by atoms with Crippen LogP contribution in [0.5, 0.6) is 0 Å². The lowest BCUT2D eigenvalue weighted by Crippen LogP contribution is -2.06. The molecule has 0 fully saturated rings. The summed E-state index contributed by atoms with van der Waals surface area (Å²) < 4.78 is 0. The van der Waals surface area contributed by atoms with E-state index in [-0.39, 0.29) is 5.56 Å². The minimum absolute atomic E-state index is 0.00347. The minimum Gasteiger partial charge on any atom is -0.326 e. The predicted molar refractivity (Wildman–Crippen MR) is 50.2 cm³/mol. The lowest BCUT2D eigenvalue weighted by atomic mass is 10.1. The number of aromatic amines is 1. The van der Waals surface area contributed by atoms with Gasteiger partial charge in [0.15, 0.2) is 0 Å². The van der Waals surface area contributed by atoms with Crippen molar-refractivity contribution in [2.45, 2.75) is 26.7 Å². The first kappa shape index (κ1) is 9.04. The average Bonchev–Trinajstić information content (AvgIpc) is 2.01. The summed E-state index contributed by atoms with van der Waals surface area (Å²) in [4.78, 5) is 13.7. The molecule has 0 spiro atoms. The summed E-state index contributed by atoms with van der Waals surface area (Å²) in [6.07, 6.45) is 2.09. The van der Waals surface area contributed by atoms with Gasteiger partial charge in [0.2, 0.25) is 5.56 Å². The molecule has 0 aromatic carbocycles. The Morgan fingerprint density at radius 3 is 2.75 bits per heavy atom. The lowest BCUT2D eigenvalue weighted by molar-refractivity contribution is 0.581. The monoisotopic (exact) mass is 165 g/mol. The van der Waals surface area contributed by atoms with Crippen LogP contribution >= 0.6 is 0 Å². The molecule has 0 radical (unpaired) electrons. The number of H-pyrrole nitrogens is 1. The van der Waals surface area contributed by atoms with Crippen molar-refractivity contribution in [3.05, 3.63) is 34.2 Å². The summed E-state index contributed by atoms with van der Waals surface area (Å²) in [6.45, 7) is 4.36. The molecule has 2 nitrogen and oxygen atoms in total. The van der Waals surface area contributed by atoms with Crippen molar-refractivity contribution in [3.63, 3.8) is 0 Å². The number of aromatic nitrogens is 1. The average molecular weight is 165 g/mol. The van der Waals surface area contributed by atoms with Gasteiger partial charge in [0.05, 0.1) is 0 Å². The lowest BCUT2D eigenvalue weighted by Gasteiger charge is -2.03. The van der Waals surface area contributed by atoms with Gasteiger partial charge in [-0.15, -0.1) is 0 Å². The fraction of sp³-hybridized carbons (Fsp3) is 0.500. The van der Waals surface area contributed by atoms with Crippen molar-refractivity contribution in [1.29, 1.82) is 0 Å². The molecule has 1 N–H and O–H groups in total. The first-order valence-electron chi connectivity index (χ1n) is 4.36. The highest BCUT2D eigenvalue weighted by Crippen LogP contribution is 2.04. The highest BCUT2D eigenvalue weighted by molar-refractivity contribution is 5.03. The van der Waals surface area contributed by atoms with E-state index in [1.807, 2.05) is 6.07 Å². The van der Waals surface area contributed by atoms with E-state index in [1.54, 1.807) is 12.1 Å². The van der Waals surface area contributed by atoms with Crippen LogP contribution in [0.25, 0.3) is 0 Å². The number of hydrogen-bond acceptors (Lipinski definition) is 1. The Morgan fingerprint density at radius 2 is 2.17 bits per heavy atom. The van der Waals surface area contributed by atoms with Gasteiger partial charge in [0.1, 0.15) is 0 Å². The topological polar surface area (TPSA) is 32.9 Å². The summed E-state index contributed by atoms with van der Waals surface area (Å²) in [6, 6.07) is 5.30. The Hall–Kier alpha value is -1.05. The molecule has 0 saturated heterocycles. The quantitative estimate of drug-likeness (QED) is 0.729. The Bertz CT molecular complexity index is 288. The van der Waals surface area contributed by atoms with E-state index in [4.69, 9.17) is 0 Å². The Kier molecular flexibility index (Phi) is 3.09. The van der Waals surface area contributed by atoms with Gasteiger partial charge in [0, 0.05) is 11.8 Å². The first-order chi connectivity index (χ1) is 5.68. The zero-order valence-electron chi connectivity index (χ0n) is 7.63. The van der Waals surface area contributed by atoms with Gasteiger partial charge in [-0.1, -0.05) is 19.9 Å². The third-order valence-corrected chi connectivity index (χ3v) is 1.82. The number of nitrogens with one attached hydrogen (secondary N) is 1. The molecule has 12 heavy (non-hydrogen) atoms. The van der Waals surface area contributed by atoms with E-state index in [2.05, 4.69) is 18.8 Å². The van der Waals surface area contributed by atoms with Gasteiger partial charge in [-0.25, -0.2) is 0 Å². The molecule has 1 aromatic heterocycles. The maximum absolute atomic E-state index is 10.9. The second kappa shape index (κ2) is 4.10. The van der Waals surface area contributed by atoms with Crippen LogP contribution in [0.4, 0.5) is 0 Å². The first-order valence-corrected chi connectivity index (χ1v) is 4.36. The smallest absolute Gasteiger partial charge is 0.248 e. The van der Waals surface area contributed by atoms with E-state index < -0.39 is 0 Å². The van der Waals surface area contributed by atoms with Gasteiger partial charge < -0.3 is 4.98 Å². The summed E-state index contributed by atoms with van der Waals surface area (Å²) in [5.41, 5.74) is 1.03. The van der Waals surface area contributed by atoms with Crippen LogP contribution in [0.1, 0.15) is 26.0 Å². The van der Waals surface area contributed by atoms with Crippen LogP contribution in [0.15, 0.2) is 23.0 Å². The molecule has 0 atom stereocenters. The molecule has 1 aromatic rings. The predicted octanol–water partition coefficient (Wildman–Crippen LogP) is 1.96. The highest BCUT2D eigenvalue weighted by atomic mass is 16.1. The van der Waals surface area contributed by atoms with Crippen LogP contribution in [-0.4, -0.2) is 4.98 Å². The second-order valence-electron chi connectivity index (χ2n) is 3.47. The zero-order chi connectivity index (χ0) is 8.97. The summed E-state index contributed by atoms with van der Waals surface area (Å²) in [5.74, 6) is 0.689. The zero-order valence-corrected chi connectivity index (χ0v) is 7.63. The van der Waals surface area contributed by atoms with E-state index >= 15 is 0 Å². The number of hydrogen-bond donors (Lipinski definition) is 1. The normalized spacial score (nSPS) is 10.6. The molecule has 0 unspecified atom stereocenters. The van der Waals surface area contributed by atoms with Crippen molar-refractivity contribution < 1.29 is 0 Å². The fourth-order valence-electron chi connectivity index (χ4n) is 1.08. The molecule has 1 rings (SSSR count). The van der Waals surface area contributed by atoms with E-state index in [0.717, 1.165) is 18.5 Å². The summed E-state index contributed by atoms with van der Waals surface area (Å²) in [7, 11) is 0. The van der Waals surface area contributed by atoms with E-state index in [0.29, 0.717) is 5.92 Å². The summed E-state index contributed by atoms with van der Waals surface area (Å²) in [5, 5.41) is 0. The molecule has 0 bridgehead atoms. The van der Waals surface area contributed by atoms with Gasteiger partial charge in [-0.3, -0.25) is 4.79 Å². The van der Waals surface area contributed by atoms with Crippen molar-refractivity contribution in [2.75, 3.05) is 0 Å². The van der Waals surface area contributed by atoms with E-state index in [9.17, 15) is 4.79 Å². The third-order valence-electron chi connectivity index (χ3n) is 1.82. The molecule has 0 amide bonds. The maximum atomic E-state index is 10.9. The Morgan fingerprint density at radius 1 is 1.42 bits per heavy atom.